The summed E-state index contributed by atoms with van der Waals surface area (Å²) in [5.41, 5.74) is 0. The highest BCUT2D eigenvalue weighted by Crippen LogP contribution is 2.57. The third-order valence-corrected chi connectivity index (χ3v) is 12.9. The van der Waals surface area contributed by atoms with Crippen molar-refractivity contribution >= 4 is 36.3 Å². The average Bonchev–Trinajstić information content (AvgIpc) is 2.79. The molecule has 0 radical (unpaired) electrons. The molecule has 1 heterocycles. The number of carbonyl (C=O) groups excluding carboxylic acids is 1. The fourth-order valence-electron chi connectivity index (χ4n) is 6.25. The lowest BCUT2D eigenvalue weighted by atomic mass is 9.55. The maximum absolute atomic E-state index is 14.5. The van der Waals surface area contributed by atoms with Gasteiger partial charge in [-0.25, -0.2) is 12.7 Å². The SMILES string of the molecule is O=C1CCCCN1S(=O)(=O)C(F)(F)C(F)(F)C(F)(F)C(F)(F)S(=O)(=O)NS(=O)(=O)OC1C2CC3CC(C2)CC1C3. The van der Waals surface area contributed by atoms with Crippen LogP contribution >= 0.6 is 0 Å². The Kier molecular flexibility index (Phi) is 7.58. The van der Waals surface area contributed by atoms with Gasteiger partial charge in [-0.1, -0.05) is 4.13 Å². The number of alkyl halides is 8. The van der Waals surface area contributed by atoms with Gasteiger partial charge in [0, 0.05) is 13.0 Å². The average molecular weight is 657 g/mol. The van der Waals surface area contributed by atoms with Gasteiger partial charge in [0.25, 0.3) is 10.0 Å². The minimum absolute atomic E-state index is 0.0708. The highest BCUT2D eigenvalue weighted by Gasteiger charge is 2.88. The molecule has 4 saturated carbocycles. The van der Waals surface area contributed by atoms with E-state index in [9.17, 15) is 65.2 Å². The van der Waals surface area contributed by atoms with Gasteiger partial charge in [0.15, 0.2) is 0 Å². The second-order valence-electron chi connectivity index (χ2n) is 10.6. The van der Waals surface area contributed by atoms with E-state index >= 15 is 0 Å². The van der Waals surface area contributed by atoms with E-state index in [2.05, 4.69) is 4.18 Å². The molecule has 4 aliphatic carbocycles. The minimum Gasteiger partial charge on any atom is -0.274 e. The number of rotatable bonds is 10. The summed E-state index contributed by atoms with van der Waals surface area (Å²) in [4.78, 5) is 11.7. The second-order valence-corrected chi connectivity index (χ2v) is 15.8. The van der Waals surface area contributed by atoms with Crippen LogP contribution in [-0.2, 0) is 39.3 Å². The third-order valence-electron chi connectivity index (χ3n) is 7.95. The van der Waals surface area contributed by atoms with Crippen molar-refractivity contribution in [3.8, 4) is 0 Å². The van der Waals surface area contributed by atoms with Gasteiger partial charge in [0.1, 0.15) is 0 Å². The van der Waals surface area contributed by atoms with Gasteiger partial charge < -0.3 is 0 Å². The Labute approximate surface area is 224 Å². The van der Waals surface area contributed by atoms with Crippen LogP contribution in [0.25, 0.3) is 0 Å². The molecule has 0 atom stereocenters. The maximum atomic E-state index is 14.5. The van der Waals surface area contributed by atoms with Crippen LogP contribution in [0, 0.1) is 23.7 Å². The smallest absolute Gasteiger partial charge is 0.274 e. The zero-order chi connectivity index (χ0) is 30.3. The van der Waals surface area contributed by atoms with Crippen molar-refractivity contribution in [1.29, 1.82) is 0 Å². The Hall–Kier alpha value is -1.32. The number of piperidine rings is 1. The Bertz CT molecular complexity index is 1340. The standard InChI is InChI=1S/C19H24F8N2O8S3/c20-16(21,17(22,23)19(26,27)39(33,34)29-4-2-1-3-14(29)30)18(24,25)38(31,32)28-40(35,36)37-15-12-6-10-5-11(8-12)9-13(15)7-10/h10-13,15,28H,1-9H2. The Morgan fingerprint density at radius 1 is 0.725 bits per heavy atom. The number of nitrogens with zero attached hydrogens (tertiary/aromatic N) is 1. The van der Waals surface area contributed by atoms with Crippen LogP contribution in [0.5, 0.6) is 0 Å². The lowest BCUT2D eigenvalue weighted by molar-refractivity contribution is -0.326. The van der Waals surface area contributed by atoms with Crippen LogP contribution in [-0.4, -0.2) is 70.5 Å². The first-order valence-electron chi connectivity index (χ1n) is 12.0. The Balaban J connectivity index is 1.59. The van der Waals surface area contributed by atoms with Gasteiger partial charge >= 0.3 is 42.7 Å². The quantitative estimate of drug-likeness (QED) is 0.354. The summed E-state index contributed by atoms with van der Waals surface area (Å²) in [7, 11) is -20.5. The van der Waals surface area contributed by atoms with E-state index < -0.39 is 93.8 Å². The van der Waals surface area contributed by atoms with Crippen molar-refractivity contribution < 1.29 is 69.4 Å². The fraction of sp³-hybridized carbons (Fsp3) is 0.947. The summed E-state index contributed by atoms with van der Waals surface area (Å²) in [6.07, 6.45) is 0.297. The molecule has 21 heteroatoms. The van der Waals surface area contributed by atoms with Gasteiger partial charge in [-0.15, -0.1) is 0 Å². The summed E-state index contributed by atoms with van der Waals surface area (Å²) in [6, 6.07) is 0. The molecule has 5 aliphatic rings. The predicted molar refractivity (Wildman–Crippen MR) is 117 cm³/mol. The molecule has 0 unspecified atom stereocenters. The van der Waals surface area contributed by atoms with Crippen molar-refractivity contribution in [3.05, 3.63) is 0 Å². The zero-order valence-corrected chi connectivity index (χ0v) is 22.7. The van der Waals surface area contributed by atoms with Crippen LogP contribution in [0.3, 0.4) is 0 Å². The molecule has 40 heavy (non-hydrogen) atoms. The molecule has 0 aromatic heterocycles. The number of nitrogens with one attached hydrogen (secondary N) is 1. The topological polar surface area (TPSA) is 144 Å². The van der Waals surface area contributed by atoms with E-state index in [1.807, 2.05) is 0 Å². The molecular weight excluding hydrogens is 632 g/mol. The molecule has 5 fully saturated rings. The first-order valence-corrected chi connectivity index (χ1v) is 16.3. The Morgan fingerprint density at radius 2 is 1.20 bits per heavy atom. The van der Waals surface area contributed by atoms with Crippen molar-refractivity contribution in [2.75, 3.05) is 6.54 Å². The minimum atomic E-state index is -7.74. The molecule has 5 rings (SSSR count). The monoisotopic (exact) mass is 656 g/mol. The van der Waals surface area contributed by atoms with Crippen molar-refractivity contribution in [3.63, 3.8) is 0 Å². The second kappa shape index (κ2) is 9.60. The highest BCUT2D eigenvalue weighted by molar-refractivity contribution is 8.03. The van der Waals surface area contributed by atoms with E-state index in [-0.39, 0.29) is 28.8 Å². The first-order chi connectivity index (χ1) is 18.0. The number of hydrogen-bond acceptors (Lipinski definition) is 8. The van der Waals surface area contributed by atoms with Crippen molar-refractivity contribution in [2.45, 2.75) is 79.8 Å². The van der Waals surface area contributed by atoms with Gasteiger partial charge in [-0.2, -0.15) is 52.0 Å². The third kappa shape index (κ3) is 4.70. The van der Waals surface area contributed by atoms with E-state index in [1.165, 1.54) is 0 Å². The van der Waals surface area contributed by atoms with E-state index in [0.29, 0.717) is 25.7 Å². The highest BCUT2D eigenvalue weighted by atomic mass is 32.3. The zero-order valence-electron chi connectivity index (χ0n) is 20.2. The largest absolute Gasteiger partial charge is 0.432 e. The maximum Gasteiger partial charge on any atom is 0.432 e. The number of hydrogen-bond donors (Lipinski definition) is 1. The van der Waals surface area contributed by atoms with Crippen LogP contribution in [0.15, 0.2) is 0 Å². The number of amides is 1. The van der Waals surface area contributed by atoms with E-state index in [0.717, 1.165) is 6.42 Å². The molecule has 1 aliphatic heterocycles. The number of sulfonamides is 2. The summed E-state index contributed by atoms with van der Waals surface area (Å²) in [6.45, 7) is -1.16. The molecular formula is C19H24F8N2O8S3. The molecule has 0 spiro atoms. The first kappa shape index (κ1) is 31.6. The van der Waals surface area contributed by atoms with Crippen molar-refractivity contribution in [1.82, 2.24) is 8.43 Å². The normalized spacial score (nSPS) is 30.6. The molecule has 10 nitrogen and oxygen atoms in total. The van der Waals surface area contributed by atoms with E-state index in [1.54, 1.807) is 0 Å². The molecule has 1 N–H and O–H groups in total. The summed E-state index contributed by atoms with van der Waals surface area (Å²) < 4.78 is 192. The van der Waals surface area contributed by atoms with Crippen LogP contribution in [0.4, 0.5) is 35.1 Å². The molecule has 0 aromatic carbocycles. The molecule has 0 aromatic rings. The fourth-order valence-corrected chi connectivity index (χ4v) is 10.4. The summed E-state index contributed by atoms with van der Waals surface area (Å²) >= 11 is 0. The summed E-state index contributed by atoms with van der Waals surface area (Å²) in [5.74, 6) is -17.6. The molecule has 1 saturated heterocycles. The molecule has 232 valence electrons. The van der Waals surface area contributed by atoms with Gasteiger partial charge in [0.05, 0.1) is 6.10 Å². The summed E-state index contributed by atoms with van der Waals surface area (Å²) in [5, 5.41) is -14.5. The predicted octanol–water partition coefficient (Wildman–Crippen LogP) is 2.79. The lowest BCUT2D eigenvalue weighted by Gasteiger charge is -2.53. The number of carbonyl (C=O) groups is 1. The molecule has 4 bridgehead atoms. The van der Waals surface area contributed by atoms with Crippen LogP contribution in [0.1, 0.15) is 51.4 Å². The van der Waals surface area contributed by atoms with Gasteiger partial charge in [-0.05, 0) is 68.6 Å². The van der Waals surface area contributed by atoms with E-state index in [4.69, 9.17) is 0 Å². The van der Waals surface area contributed by atoms with Crippen LogP contribution in [0.2, 0.25) is 0 Å². The lowest BCUT2D eigenvalue weighted by Crippen LogP contribution is -2.69. The molecule has 1 amide bonds. The van der Waals surface area contributed by atoms with Gasteiger partial charge in [-0.3, -0.25) is 8.98 Å². The Morgan fingerprint density at radius 3 is 1.68 bits per heavy atom. The van der Waals surface area contributed by atoms with Crippen molar-refractivity contribution in [2.24, 2.45) is 23.7 Å². The number of halogens is 8. The van der Waals surface area contributed by atoms with Crippen LogP contribution < -0.4 is 4.13 Å². The van der Waals surface area contributed by atoms with Gasteiger partial charge in [0.2, 0.25) is 5.91 Å².